The highest BCUT2D eigenvalue weighted by atomic mass is 32.2. The zero-order valence-electron chi connectivity index (χ0n) is 17.0. The highest BCUT2D eigenvalue weighted by Gasteiger charge is 2.48. The molecule has 0 bridgehead atoms. The maximum absolute atomic E-state index is 12.9. The van der Waals surface area contributed by atoms with E-state index in [1.54, 1.807) is 13.8 Å². The van der Waals surface area contributed by atoms with E-state index in [4.69, 9.17) is 5.73 Å². The van der Waals surface area contributed by atoms with E-state index in [2.05, 4.69) is 42.2 Å². The molecule has 0 fully saturated rings. The van der Waals surface area contributed by atoms with Gasteiger partial charge in [-0.05, 0) is 74.8 Å². The Morgan fingerprint density at radius 3 is 2.18 bits per heavy atom. The SMILES string of the molecule is Cc1ccc2c(c1)Cc1cc([C@]3(C)CS(=O)(=O)C(C)(C)C(N)=N3)ccc1CC2. The van der Waals surface area contributed by atoms with Gasteiger partial charge in [0.1, 0.15) is 10.6 Å². The van der Waals surface area contributed by atoms with Crippen molar-refractivity contribution in [3.63, 3.8) is 0 Å². The van der Waals surface area contributed by atoms with Crippen LogP contribution < -0.4 is 5.73 Å². The van der Waals surface area contributed by atoms with E-state index in [9.17, 15) is 8.42 Å². The third-order valence-electron chi connectivity index (χ3n) is 6.47. The first-order chi connectivity index (χ1) is 13.0. The van der Waals surface area contributed by atoms with Gasteiger partial charge in [-0.3, -0.25) is 4.99 Å². The van der Waals surface area contributed by atoms with Crippen molar-refractivity contribution in [2.45, 2.75) is 57.2 Å². The summed E-state index contributed by atoms with van der Waals surface area (Å²) in [6.45, 7) is 7.27. The lowest BCUT2D eigenvalue weighted by molar-refractivity contribution is 0.501. The summed E-state index contributed by atoms with van der Waals surface area (Å²) in [7, 11) is -3.40. The van der Waals surface area contributed by atoms with Crippen molar-refractivity contribution in [3.05, 3.63) is 69.8 Å². The lowest BCUT2D eigenvalue weighted by Crippen LogP contribution is -2.54. The lowest BCUT2D eigenvalue weighted by Gasteiger charge is -2.38. The van der Waals surface area contributed by atoms with E-state index in [1.807, 2.05) is 13.0 Å². The molecule has 5 heteroatoms. The maximum Gasteiger partial charge on any atom is 0.165 e. The Hall–Kier alpha value is -2.14. The zero-order chi connectivity index (χ0) is 20.3. The van der Waals surface area contributed by atoms with Crippen LogP contribution in [0.2, 0.25) is 0 Å². The summed E-state index contributed by atoms with van der Waals surface area (Å²) < 4.78 is 24.7. The van der Waals surface area contributed by atoms with E-state index >= 15 is 0 Å². The molecule has 0 aromatic heterocycles. The van der Waals surface area contributed by atoms with Gasteiger partial charge in [-0.15, -0.1) is 0 Å². The van der Waals surface area contributed by atoms with Crippen LogP contribution in [0.4, 0.5) is 0 Å². The van der Waals surface area contributed by atoms with Gasteiger partial charge < -0.3 is 5.73 Å². The van der Waals surface area contributed by atoms with Gasteiger partial charge in [-0.1, -0.05) is 42.0 Å². The van der Waals surface area contributed by atoms with E-state index in [1.165, 1.54) is 27.8 Å². The first kappa shape index (κ1) is 19.2. The lowest BCUT2D eigenvalue weighted by atomic mass is 9.89. The molecule has 2 aromatic rings. The molecule has 0 spiro atoms. The van der Waals surface area contributed by atoms with Gasteiger partial charge in [0, 0.05) is 0 Å². The summed E-state index contributed by atoms with van der Waals surface area (Å²) in [6, 6.07) is 13.0. The second-order valence-electron chi connectivity index (χ2n) is 8.97. The van der Waals surface area contributed by atoms with Gasteiger partial charge in [-0.2, -0.15) is 0 Å². The second kappa shape index (κ2) is 6.18. The van der Waals surface area contributed by atoms with E-state index in [-0.39, 0.29) is 11.6 Å². The minimum atomic E-state index is -3.40. The van der Waals surface area contributed by atoms with Gasteiger partial charge in [0.25, 0.3) is 0 Å². The monoisotopic (exact) mass is 396 g/mol. The first-order valence-corrected chi connectivity index (χ1v) is 11.5. The predicted molar refractivity (Wildman–Crippen MR) is 115 cm³/mol. The molecular weight excluding hydrogens is 368 g/mol. The van der Waals surface area contributed by atoms with Gasteiger partial charge in [0.05, 0.1) is 11.3 Å². The Morgan fingerprint density at radius 2 is 1.54 bits per heavy atom. The molecule has 2 N–H and O–H groups in total. The number of amidine groups is 1. The molecule has 4 rings (SSSR count). The molecule has 1 atom stereocenters. The Labute approximate surface area is 167 Å². The fourth-order valence-electron chi connectivity index (χ4n) is 4.30. The third-order valence-corrected chi connectivity index (χ3v) is 9.17. The number of aryl methyl sites for hydroxylation is 3. The number of nitrogens with two attached hydrogens (primary N) is 1. The summed E-state index contributed by atoms with van der Waals surface area (Å²) >= 11 is 0. The Bertz CT molecular complexity index is 1100. The number of benzene rings is 2. The summed E-state index contributed by atoms with van der Waals surface area (Å²) in [6.07, 6.45) is 2.90. The van der Waals surface area contributed by atoms with Crippen LogP contribution in [0.25, 0.3) is 0 Å². The molecule has 0 saturated heterocycles. The highest BCUT2D eigenvalue weighted by Crippen LogP contribution is 2.38. The van der Waals surface area contributed by atoms with Crippen LogP contribution in [0.15, 0.2) is 41.4 Å². The van der Waals surface area contributed by atoms with Crippen molar-refractivity contribution in [2.24, 2.45) is 10.7 Å². The molecule has 1 aliphatic heterocycles. The van der Waals surface area contributed by atoms with Gasteiger partial charge >= 0.3 is 0 Å². The summed E-state index contributed by atoms with van der Waals surface area (Å²) in [5.41, 5.74) is 12.8. The Morgan fingerprint density at radius 1 is 0.929 bits per heavy atom. The average Bonchev–Trinajstić information content (AvgIpc) is 2.77. The summed E-state index contributed by atoms with van der Waals surface area (Å²) in [5.74, 6) is 0.166. The number of aliphatic imine (C=N–C) groups is 1. The van der Waals surface area contributed by atoms with E-state index in [0.717, 1.165) is 24.8 Å². The van der Waals surface area contributed by atoms with Crippen LogP contribution in [0, 0.1) is 6.92 Å². The van der Waals surface area contributed by atoms with Crippen LogP contribution in [-0.4, -0.2) is 24.8 Å². The number of hydrogen-bond acceptors (Lipinski definition) is 4. The largest absolute Gasteiger partial charge is 0.386 e. The van der Waals surface area contributed by atoms with Gasteiger partial charge in [-0.25, -0.2) is 8.42 Å². The average molecular weight is 397 g/mol. The van der Waals surface area contributed by atoms with E-state index in [0.29, 0.717) is 0 Å². The summed E-state index contributed by atoms with van der Waals surface area (Å²) in [5, 5.41) is 0. The van der Waals surface area contributed by atoms with Crippen molar-refractivity contribution >= 4 is 15.7 Å². The number of hydrogen-bond donors (Lipinski definition) is 1. The normalized spacial score (nSPS) is 25.2. The molecular formula is C23H28N2O2S. The number of fused-ring (bicyclic) bond motifs is 2. The number of nitrogens with zero attached hydrogens (tertiary/aromatic N) is 1. The Kier molecular flexibility index (Phi) is 4.23. The number of rotatable bonds is 1. The Balaban J connectivity index is 1.79. The molecule has 2 aromatic carbocycles. The van der Waals surface area contributed by atoms with Crippen LogP contribution in [-0.2, 0) is 34.6 Å². The minimum absolute atomic E-state index is 0.0256. The highest BCUT2D eigenvalue weighted by molar-refractivity contribution is 7.93. The number of sulfone groups is 1. The molecule has 4 nitrogen and oxygen atoms in total. The van der Waals surface area contributed by atoms with Crippen LogP contribution in [0.5, 0.6) is 0 Å². The molecule has 2 aliphatic rings. The molecule has 0 unspecified atom stereocenters. The van der Waals surface area contributed by atoms with Crippen LogP contribution in [0.1, 0.15) is 54.2 Å². The smallest absolute Gasteiger partial charge is 0.165 e. The van der Waals surface area contributed by atoms with Crippen molar-refractivity contribution in [3.8, 4) is 0 Å². The topological polar surface area (TPSA) is 72.5 Å². The fraction of sp³-hybridized carbons (Fsp3) is 0.435. The summed E-state index contributed by atoms with van der Waals surface area (Å²) in [4.78, 5) is 4.68. The fourth-order valence-corrected chi connectivity index (χ4v) is 5.99. The molecule has 28 heavy (non-hydrogen) atoms. The first-order valence-electron chi connectivity index (χ1n) is 9.81. The van der Waals surface area contributed by atoms with Crippen molar-refractivity contribution < 1.29 is 8.42 Å². The maximum atomic E-state index is 12.9. The van der Waals surface area contributed by atoms with Crippen LogP contribution in [0.3, 0.4) is 0 Å². The molecule has 1 aliphatic carbocycles. The third kappa shape index (κ3) is 2.96. The van der Waals surface area contributed by atoms with Crippen LogP contribution >= 0.6 is 0 Å². The second-order valence-corrected chi connectivity index (χ2v) is 11.5. The molecule has 0 saturated carbocycles. The predicted octanol–water partition coefficient (Wildman–Crippen LogP) is 3.46. The van der Waals surface area contributed by atoms with Gasteiger partial charge in [0.2, 0.25) is 0 Å². The van der Waals surface area contributed by atoms with Crippen molar-refractivity contribution in [2.75, 3.05) is 5.75 Å². The molecule has 0 radical (unpaired) electrons. The standard InChI is InChI=1S/C23H28N2O2S/c1-15-5-6-16-7-8-17-9-10-20(13-19(17)12-18(16)11-15)23(4)14-28(26,27)22(2,3)21(24)25-23/h5-6,9-11,13H,7-8,12,14H2,1-4H3,(H2,24,25)/t23-/m0/s1. The van der Waals surface area contributed by atoms with Gasteiger partial charge in [0.15, 0.2) is 9.84 Å². The van der Waals surface area contributed by atoms with E-state index < -0.39 is 20.1 Å². The minimum Gasteiger partial charge on any atom is -0.386 e. The van der Waals surface area contributed by atoms with Crippen molar-refractivity contribution in [1.29, 1.82) is 0 Å². The molecule has 0 amide bonds. The molecule has 148 valence electrons. The van der Waals surface area contributed by atoms with Crippen molar-refractivity contribution in [1.82, 2.24) is 0 Å². The quantitative estimate of drug-likeness (QED) is 0.802. The zero-order valence-corrected chi connectivity index (χ0v) is 17.9. The molecule has 1 heterocycles.